The second-order valence-corrected chi connectivity index (χ2v) is 2.66. The molecule has 1 aromatic rings. The van der Waals surface area contributed by atoms with Crippen molar-refractivity contribution in [2.24, 2.45) is 0 Å². The Hall–Kier alpha value is -1.51. The Morgan fingerprint density at radius 1 is 1.69 bits per heavy atom. The molecule has 1 rings (SSSR count). The van der Waals surface area contributed by atoms with Crippen molar-refractivity contribution in [3.05, 3.63) is 30.1 Å². The van der Waals surface area contributed by atoms with Crippen LogP contribution in [0.1, 0.15) is 19.5 Å². The number of allylic oxidation sites excluding steroid dienone is 1. The Kier molecular flexibility index (Phi) is 3.31. The molecule has 0 unspecified atom stereocenters. The van der Waals surface area contributed by atoms with Crippen molar-refractivity contribution in [2.45, 2.75) is 13.8 Å². The molecule has 0 aliphatic carbocycles. The SMILES string of the molecule is CCOC(=O)/C=C(/C)c1ccc[nH]1. The first kappa shape index (κ1) is 9.58. The van der Waals surface area contributed by atoms with Crippen molar-refractivity contribution in [3.8, 4) is 0 Å². The highest BCUT2D eigenvalue weighted by molar-refractivity contribution is 5.90. The van der Waals surface area contributed by atoms with Gasteiger partial charge in [0.15, 0.2) is 0 Å². The monoisotopic (exact) mass is 179 g/mol. The Balaban J connectivity index is 2.67. The van der Waals surface area contributed by atoms with E-state index in [1.54, 1.807) is 6.92 Å². The Bertz CT molecular complexity index is 299. The molecule has 0 aliphatic rings. The zero-order valence-electron chi connectivity index (χ0n) is 7.83. The van der Waals surface area contributed by atoms with Crippen LogP contribution in [0.15, 0.2) is 24.4 Å². The van der Waals surface area contributed by atoms with Gasteiger partial charge in [0.2, 0.25) is 0 Å². The van der Waals surface area contributed by atoms with Crippen LogP contribution in [0.2, 0.25) is 0 Å². The summed E-state index contributed by atoms with van der Waals surface area (Å²) in [6, 6.07) is 3.79. The molecule has 0 aromatic carbocycles. The predicted octanol–water partition coefficient (Wildman–Crippen LogP) is 1.98. The van der Waals surface area contributed by atoms with Crippen molar-refractivity contribution in [3.63, 3.8) is 0 Å². The summed E-state index contributed by atoms with van der Waals surface area (Å²) in [4.78, 5) is 14.0. The molecule has 70 valence electrons. The number of carbonyl (C=O) groups excluding carboxylic acids is 1. The van der Waals surface area contributed by atoms with Gasteiger partial charge in [-0.25, -0.2) is 4.79 Å². The average Bonchev–Trinajstić information content (AvgIpc) is 2.55. The Morgan fingerprint density at radius 2 is 2.46 bits per heavy atom. The quantitative estimate of drug-likeness (QED) is 0.569. The topological polar surface area (TPSA) is 42.1 Å². The van der Waals surface area contributed by atoms with Crippen LogP contribution < -0.4 is 0 Å². The second kappa shape index (κ2) is 4.50. The van der Waals surface area contributed by atoms with E-state index in [-0.39, 0.29) is 5.97 Å². The number of esters is 1. The average molecular weight is 179 g/mol. The number of carbonyl (C=O) groups is 1. The fourth-order valence-corrected chi connectivity index (χ4v) is 1.01. The van der Waals surface area contributed by atoms with Crippen LogP contribution in [-0.4, -0.2) is 17.6 Å². The van der Waals surface area contributed by atoms with Crippen LogP contribution in [0, 0.1) is 0 Å². The molecule has 1 heterocycles. The van der Waals surface area contributed by atoms with Crippen molar-refractivity contribution in [1.29, 1.82) is 0 Å². The molecule has 3 nitrogen and oxygen atoms in total. The minimum atomic E-state index is -0.297. The first-order valence-electron chi connectivity index (χ1n) is 4.23. The summed E-state index contributed by atoms with van der Waals surface area (Å²) in [5.74, 6) is -0.297. The molecule has 13 heavy (non-hydrogen) atoms. The maximum atomic E-state index is 11.0. The summed E-state index contributed by atoms with van der Waals surface area (Å²) < 4.78 is 4.78. The first-order chi connectivity index (χ1) is 6.24. The largest absolute Gasteiger partial charge is 0.463 e. The van der Waals surface area contributed by atoms with Gasteiger partial charge in [0.1, 0.15) is 0 Å². The van der Waals surface area contributed by atoms with Gasteiger partial charge in [0, 0.05) is 18.0 Å². The maximum absolute atomic E-state index is 11.0. The van der Waals surface area contributed by atoms with Gasteiger partial charge in [-0.05, 0) is 31.6 Å². The Labute approximate surface area is 77.4 Å². The predicted molar refractivity (Wildman–Crippen MR) is 51.1 cm³/mol. The van der Waals surface area contributed by atoms with Crippen molar-refractivity contribution < 1.29 is 9.53 Å². The summed E-state index contributed by atoms with van der Waals surface area (Å²) in [5.41, 5.74) is 1.82. The highest BCUT2D eigenvalue weighted by atomic mass is 16.5. The fourth-order valence-electron chi connectivity index (χ4n) is 1.01. The van der Waals surface area contributed by atoms with Crippen LogP contribution >= 0.6 is 0 Å². The van der Waals surface area contributed by atoms with Crippen LogP contribution in [0.5, 0.6) is 0 Å². The van der Waals surface area contributed by atoms with E-state index in [1.807, 2.05) is 25.3 Å². The zero-order valence-corrected chi connectivity index (χ0v) is 7.83. The number of rotatable bonds is 3. The Morgan fingerprint density at radius 3 is 3.00 bits per heavy atom. The molecular formula is C10H13NO2. The summed E-state index contributed by atoms with van der Waals surface area (Å²) in [7, 11) is 0. The first-order valence-corrected chi connectivity index (χ1v) is 4.23. The van der Waals surface area contributed by atoms with E-state index in [0.717, 1.165) is 11.3 Å². The molecule has 0 saturated heterocycles. The van der Waals surface area contributed by atoms with Gasteiger partial charge in [0.05, 0.1) is 6.61 Å². The molecule has 1 aromatic heterocycles. The number of aromatic nitrogens is 1. The minimum Gasteiger partial charge on any atom is -0.463 e. The number of H-pyrrole nitrogens is 1. The third-order valence-corrected chi connectivity index (χ3v) is 1.64. The van der Waals surface area contributed by atoms with E-state index < -0.39 is 0 Å². The minimum absolute atomic E-state index is 0.297. The number of hydrogen-bond acceptors (Lipinski definition) is 2. The second-order valence-electron chi connectivity index (χ2n) is 2.66. The standard InChI is InChI=1S/C10H13NO2/c1-3-13-10(12)7-8(2)9-5-4-6-11-9/h4-7,11H,3H2,1-2H3/b8-7-. The lowest BCUT2D eigenvalue weighted by Gasteiger charge is -1.98. The van der Waals surface area contributed by atoms with Crippen LogP contribution in [0.25, 0.3) is 5.57 Å². The molecule has 0 amide bonds. The van der Waals surface area contributed by atoms with E-state index in [4.69, 9.17) is 4.74 Å². The molecule has 0 bridgehead atoms. The summed E-state index contributed by atoms with van der Waals surface area (Å²) >= 11 is 0. The van der Waals surface area contributed by atoms with Crippen molar-refractivity contribution in [2.75, 3.05) is 6.61 Å². The highest BCUT2D eigenvalue weighted by Crippen LogP contribution is 2.09. The molecule has 3 heteroatoms. The lowest BCUT2D eigenvalue weighted by molar-refractivity contribution is -0.137. The fraction of sp³-hybridized carbons (Fsp3) is 0.300. The molecule has 0 saturated carbocycles. The van der Waals surface area contributed by atoms with Crippen LogP contribution in [0.4, 0.5) is 0 Å². The van der Waals surface area contributed by atoms with Gasteiger partial charge in [-0.1, -0.05) is 0 Å². The van der Waals surface area contributed by atoms with Crippen LogP contribution in [-0.2, 0) is 9.53 Å². The van der Waals surface area contributed by atoms with E-state index >= 15 is 0 Å². The molecule has 0 atom stereocenters. The van der Waals surface area contributed by atoms with E-state index in [9.17, 15) is 4.79 Å². The zero-order chi connectivity index (χ0) is 9.68. The number of aromatic amines is 1. The van der Waals surface area contributed by atoms with Crippen molar-refractivity contribution >= 4 is 11.5 Å². The van der Waals surface area contributed by atoms with Gasteiger partial charge in [-0.15, -0.1) is 0 Å². The van der Waals surface area contributed by atoms with Crippen LogP contribution in [0.3, 0.4) is 0 Å². The lowest BCUT2D eigenvalue weighted by Crippen LogP contribution is -2.00. The smallest absolute Gasteiger partial charge is 0.331 e. The van der Waals surface area contributed by atoms with Gasteiger partial charge in [0.25, 0.3) is 0 Å². The third kappa shape index (κ3) is 2.78. The molecular weight excluding hydrogens is 166 g/mol. The summed E-state index contributed by atoms with van der Waals surface area (Å²) in [6.07, 6.45) is 3.30. The summed E-state index contributed by atoms with van der Waals surface area (Å²) in [6.45, 7) is 4.06. The molecule has 0 fully saturated rings. The number of ether oxygens (including phenoxy) is 1. The normalized spacial score (nSPS) is 11.4. The molecule has 1 N–H and O–H groups in total. The highest BCUT2D eigenvalue weighted by Gasteiger charge is 2.00. The van der Waals surface area contributed by atoms with Gasteiger partial charge < -0.3 is 9.72 Å². The summed E-state index contributed by atoms with van der Waals surface area (Å²) in [5, 5.41) is 0. The van der Waals surface area contributed by atoms with E-state index in [1.165, 1.54) is 6.08 Å². The third-order valence-electron chi connectivity index (χ3n) is 1.64. The number of nitrogens with one attached hydrogen (secondary N) is 1. The van der Waals surface area contributed by atoms with Gasteiger partial charge >= 0.3 is 5.97 Å². The van der Waals surface area contributed by atoms with E-state index in [2.05, 4.69) is 4.98 Å². The van der Waals surface area contributed by atoms with Gasteiger partial charge in [-0.3, -0.25) is 0 Å². The van der Waals surface area contributed by atoms with E-state index in [0.29, 0.717) is 6.61 Å². The molecule has 0 radical (unpaired) electrons. The maximum Gasteiger partial charge on any atom is 0.331 e. The van der Waals surface area contributed by atoms with Crippen molar-refractivity contribution in [1.82, 2.24) is 4.98 Å². The van der Waals surface area contributed by atoms with Gasteiger partial charge in [-0.2, -0.15) is 0 Å². The molecule has 0 spiro atoms. The molecule has 0 aliphatic heterocycles. The lowest BCUT2D eigenvalue weighted by atomic mass is 10.2. The number of hydrogen-bond donors (Lipinski definition) is 1.